The molecular weight excluding hydrogens is 298 g/mol. The zero-order valence-corrected chi connectivity index (χ0v) is 14.7. The molecule has 1 saturated heterocycles. The van der Waals surface area contributed by atoms with Crippen molar-refractivity contribution < 1.29 is 4.79 Å². The third-order valence-electron chi connectivity index (χ3n) is 5.05. The predicted octanol–water partition coefficient (Wildman–Crippen LogP) is 3.46. The van der Waals surface area contributed by atoms with Crippen LogP contribution < -0.4 is 0 Å². The minimum Gasteiger partial charge on any atom is -0.341 e. The SMILES string of the molecule is C[C@H](CCC(=O)N(C)Cc1ccc2ncccc2c1)N1CCCC1. The first kappa shape index (κ1) is 16.9. The summed E-state index contributed by atoms with van der Waals surface area (Å²) in [5.74, 6) is 0.229. The van der Waals surface area contributed by atoms with Crippen molar-refractivity contribution in [3.05, 3.63) is 42.1 Å². The molecule has 1 aromatic carbocycles. The van der Waals surface area contributed by atoms with Crippen molar-refractivity contribution in [3.8, 4) is 0 Å². The minimum absolute atomic E-state index is 0.229. The van der Waals surface area contributed by atoms with Crippen molar-refractivity contribution in [2.75, 3.05) is 20.1 Å². The highest BCUT2D eigenvalue weighted by Crippen LogP contribution is 2.17. The smallest absolute Gasteiger partial charge is 0.222 e. The van der Waals surface area contributed by atoms with Gasteiger partial charge in [0, 0.05) is 37.6 Å². The molecule has 128 valence electrons. The Balaban J connectivity index is 1.52. The first-order valence-electron chi connectivity index (χ1n) is 8.95. The maximum Gasteiger partial charge on any atom is 0.222 e. The van der Waals surface area contributed by atoms with E-state index in [4.69, 9.17) is 0 Å². The van der Waals surface area contributed by atoms with Crippen LogP contribution in [0.5, 0.6) is 0 Å². The lowest BCUT2D eigenvalue weighted by atomic mass is 10.1. The summed E-state index contributed by atoms with van der Waals surface area (Å²) < 4.78 is 0. The number of pyridine rings is 1. The van der Waals surface area contributed by atoms with E-state index in [0.29, 0.717) is 19.0 Å². The number of hydrogen-bond acceptors (Lipinski definition) is 3. The Morgan fingerprint density at radius 3 is 2.88 bits per heavy atom. The monoisotopic (exact) mass is 325 g/mol. The molecule has 0 saturated carbocycles. The molecule has 1 fully saturated rings. The highest BCUT2D eigenvalue weighted by molar-refractivity contribution is 5.79. The van der Waals surface area contributed by atoms with Crippen molar-refractivity contribution in [3.63, 3.8) is 0 Å². The predicted molar refractivity (Wildman–Crippen MR) is 97.7 cm³/mol. The lowest BCUT2D eigenvalue weighted by Crippen LogP contribution is -2.32. The second-order valence-electron chi connectivity index (χ2n) is 6.91. The fourth-order valence-electron chi connectivity index (χ4n) is 3.47. The molecule has 0 aliphatic carbocycles. The quantitative estimate of drug-likeness (QED) is 0.816. The topological polar surface area (TPSA) is 36.4 Å². The van der Waals surface area contributed by atoms with E-state index in [-0.39, 0.29) is 5.91 Å². The second-order valence-corrected chi connectivity index (χ2v) is 6.91. The van der Waals surface area contributed by atoms with Gasteiger partial charge in [0.2, 0.25) is 5.91 Å². The molecule has 0 unspecified atom stereocenters. The minimum atomic E-state index is 0.229. The van der Waals surface area contributed by atoms with Crippen LogP contribution in [0.4, 0.5) is 0 Å². The summed E-state index contributed by atoms with van der Waals surface area (Å²) in [6.07, 6.45) is 5.98. The Morgan fingerprint density at radius 2 is 2.08 bits per heavy atom. The molecular formula is C20H27N3O. The molecule has 1 aliphatic heterocycles. The number of hydrogen-bond donors (Lipinski definition) is 0. The molecule has 3 rings (SSSR count). The zero-order valence-electron chi connectivity index (χ0n) is 14.7. The molecule has 0 radical (unpaired) electrons. The van der Waals surface area contributed by atoms with Gasteiger partial charge in [-0.1, -0.05) is 12.1 Å². The van der Waals surface area contributed by atoms with E-state index < -0.39 is 0 Å². The van der Waals surface area contributed by atoms with E-state index in [2.05, 4.69) is 35.0 Å². The first-order chi connectivity index (χ1) is 11.6. The molecule has 1 atom stereocenters. The van der Waals surface area contributed by atoms with Crippen LogP contribution in [0.2, 0.25) is 0 Å². The number of carbonyl (C=O) groups excluding carboxylic acids is 1. The van der Waals surface area contributed by atoms with Crippen molar-refractivity contribution in [2.24, 2.45) is 0 Å². The fraction of sp³-hybridized carbons (Fsp3) is 0.500. The van der Waals surface area contributed by atoms with Gasteiger partial charge in [-0.3, -0.25) is 9.78 Å². The number of fused-ring (bicyclic) bond motifs is 1. The zero-order chi connectivity index (χ0) is 16.9. The van der Waals surface area contributed by atoms with Crippen LogP contribution in [0.25, 0.3) is 10.9 Å². The summed E-state index contributed by atoms with van der Waals surface area (Å²) in [5, 5.41) is 1.12. The van der Waals surface area contributed by atoms with Gasteiger partial charge < -0.3 is 9.80 Å². The number of aromatic nitrogens is 1. The highest BCUT2D eigenvalue weighted by atomic mass is 16.2. The van der Waals surface area contributed by atoms with E-state index in [0.717, 1.165) is 22.9 Å². The molecule has 4 heteroatoms. The first-order valence-corrected chi connectivity index (χ1v) is 8.95. The largest absolute Gasteiger partial charge is 0.341 e. The van der Waals surface area contributed by atoms with Crippen LogP contribution in [0.15, 0.2) is 36.5 Å². The Morgan fingerprint density at radius 1 is 1.29 bits per heavy atom. The Kier molecular flexibility index (Phi) is 5.46. The van der Waals surface area contributed by atoms with Gasteiger partial charge in [-0.15, -0.1) is 0 Å². The number of benzene rings is 1. The van der Waals surface area contributed by atoms with Gasteiger partial charge in [0.05, 0.1) is 5.52 Å². The van der Waals surface area contributed by atoms with Crippen LogP contribution in [0.1, 0.15) is 38.2 Å². The number of carbonyl (C=O) groups is 1. The molecule has 24 heavy (non-hydrogen) atoms. The average Bonchev–Trinajstić information content (AvgIpc) is 3.14. The second kappa shape index (κ2) is 7.75. The Labute approximate surface area is 144 Å². The molecule has 0 N–H and O–H groups in total. The van der Waals surface area contributed by atoms with Crippen LogP contribution in [-0.2, 0) is 11.3 Å². The fourth-order valence-corrected chi connectivity index (χ4v) is 3.47. The molecule has 2 heterocycles. The average molecular weight is 325 g/mol. The molecule has 1 aliphatic rings. The van der Waals surface area contributed by atoms with Gasteiger partial charge in [0.25, 0.3) is 0 Å². The number of nitrogens with zero attached hydrogens (tertiary/aromatic N) is 3. The third kappa shape index (κ3) is 4.12. The van der Waals surface area contributed by atoms with Gasteiger partial charge >= 0.3 is 0 Å². The van der Waals surface area contributed by atoms with Crippen LogP contribution >= 0.6 is 0 Å². The highest BCUT2D eigenvalue weighted by Gasteiger charge is 2.19. The summed E-state index contributed by atoms with van der Waals surface area (Å²) in [6, 6.07) is 10.7. The summed E-state index contributed by atoms with van der Waals surface area (Å²) in [7, 11) is 1.90. The Bertz CT molecular complexity index is 694. The number of rotatable bonds is 6. The van der Waals surface area contributed by atoms with Crippen molar-refractivity contribution in [1.29, 1.82) is 0 Å². The van der Waals surface area contributed by atoms with Gasteiger partial charge in [-0.05, 0) is 63.0 Å². The summed E-state index contributed by atoms with van der Waals surface area (Å²) in [5.41, 5.74) is 2.15. The van der Waals surface area contributed by atoms with E-state index >= 15 is 0 Å². The summed E-state index contributed by atoms with van der Waals surface area (Å²) in [4.78, 5) is 21.1. The summed E-state index contributed by atoms with van der Waals surface area (Å²) >= 11 is 0. The van der Waals surface area contributed by atoms with E-state index in [1.165, 1.54) is 25.9 Å². The lowest BCUT2D eigenvalue weighted by molar-refractivity contribution is -0.130. The van der Waals surface area contributed by atoms with Crippen LogP contribution in [0.3, 0.4) is 0 Å². The number of amides is 1. The van der Waals surface area contributed by atoms with Crippen LogP contribution in [-0.4, -0.2) is 46.9 Å². The van der Waals surface area contributed by atoms with Gasteiger partial charge in [-0.2, -0.15) is 0 Å². The van der Waals surface area contributed by atoms with Gasteiger partial charge in [0.1, 0.15) is 0 Å². The van der Waals surface area contributed by atoms with E-state index in [1.54, 1.807) is 6.20 Å². The molecule has 1 aromatic heterocycles. The van der Waals surface area contributed by atoms with Crippen molar-refractivity contribution >= 4 is 16.8 Å². The third-order valence-corrected chi connectivity index (χ3v) is 5.05. The van der Waals surface area contributed by atoms with Gasteiger partial charge in [0.15, 0.2) is 0 Å². The molecule has 2 aromatic rings. The number of likely N-dealkylation sites (tertiary alicyclic amines) is 1. The van der Waals surface area contributed by atoms with E-state index in [1.807, 2.05) is 24.1 Å². The van der Waals surface area contributed by atoms with Crippen LogP contribution in [0, 0.1) is 0 Å². The normalized spacial score (nSPS) is 16.4. The van der Waals surface area contributed by atoms with Crippen molar-refractivity contribution in [2.45, 2.75) is 45.2 Å². The van der Waals surface area contributed by atoms with Crippen molar-refractivity contribution in [1.82, 2.24) is 14.8 Å². The van der Waals surface area contributed by atoms with Gasteiger partial charge in [-0.25, -0.2) is 0 Å². The molecule has 0 bridgehead atoms. The van der Waals surface area contributed by atoms with E-state index in [9.17, 15) is 4.79 Å². The lowest BCUT2D eigenvalue weighted by Gasteiger charge is -2.24. The summed E-state index contributed by atoms with van der Waals surface area (Å²) in [6.45, 7) is 5.28. The standard InChI is InChI=1S/C20H27N3O/c1-16(23-12-3-4-13-23)7-10-20(24)22(2)15-17-8-9-19-18(14-17)6-5-11-21-19/h5-6,8-9,11,14,16H,3-4,7,10,12-13,15H2,1-2H3/t16-/m1/s1. The molecule has 1 amide bonds. The molecule has 4 nitrogen and oxygen atoms in total. The maximum absolute atomic E-state index is 12.4. The Hall–Kier alpha value is -1.94. The maximum atomic E-state index is 12.4. The molecule has 0 spiro atoms.